The van der Waals surface area contributed by atoms with Crippen molar-refractivity contribution >= 4 is 21.7 Å². The highest BCUT2D eigenvalue weighted by atomic mass is 32.2. The maximum absolute atomic E-state index is 12.4. The number of nitrogens with one attached hydrogen (secondary N) is 2. The maximum atomic E-state index is 12.4. The summed E-state index contributed by atoms with van der Waals surface area (Å²) in [6.07, 6.45) is 10.3. The number of allylic oxidation sites excluding steroid dienone is 1. The normalized spacial score (nSPS) is 15.8. The van der Waals surface area contributed by atoms with Crippen LogP contribution in [-0.4, -0.2) is 40.0 Å². The summed E-state index contributed by atoms with van der Waals surface area (Å²) in [6, 6.07) is 1.61. The van der Waals surface area contributed by atoms with Gasteiger partial charge in [0.1, 0.15) is 0 Å². The zero-order chi connectivity index (χ0) is 20.1. The number of aryl methyl sites for hydroxylation is 2. The molecule has 0 aliphatic heterocycles. The highest BCUT2D eigenvalue weighted by molar-refractivity contribution is 7.92. The van der Waals surface area contributed by atoms with Gasteiger partial charge in [0.25, 0.3) is 10.0 Å². The second-order valence-corrected chi connectivity index (χ2v) is 9.57. The summed E-state index contributed by atoms with van der Waals surface area (Å²) < 4.78 is 26.5. The van der Waals surface area contributed by atoms with Crippen LogP contribution in [-0.2, 0) is 35.7 Å². The van der Waals surface area contributed by atoms with Crippen molar-refractivity contribution in [1.82, 2.24) is 9.62 Å². The number of hydrogen-bond acceptors (Lipinski definition) is 4. The molecule has 1 aromatic carbocycles. The minimum Gasteiger partial charge on any atom is -0.309 e. The number of amides is 2. The molecule has 154 valence electrons. The van der Waals surface area contributed by atoms with E-state index in [2.05, 4.69) is 21.0 Å². The Morgan fingerprint density at radius 3 is 2.32 bits per heavy atom. The number of benzene rings is 1. The minimum atomic E-state index is -3.79. The standard InChI is InChI=1S/C21H31N3O3S/c1-24(2)13-5-3-4-6-14-28(26,27)23-21(25)22-20-18-11-7-9-16(18)15-17-10-8-12-19(17)20/h6,14-15H,3-5,7-13H2,1-2H3,(H2,22,23,25)/b14-6+. The highest BCUT2D eigenvalue weighted by Gasteiger charge is 2.25. The molecule has 3 rings (SSSR count). The van der Waals surface area contributed by atoms with Crippen molar-refractivity contribution < 1.29 is 13.2 Å². The lowest BCUT2D eigenvalue weighted by molar-refractivity contribution is 0.256. The molecule has 0 saturated heterocycles. The zero-order valence-electron chi connectivity index (χ0n) is 16.9. The average Bonchev–Trinajstić information content (AvgIpc) is 3.25. The van der Waals surface area contributed by atoms with Gasteiger partial charge < -0.3 is 10.2 Å². The molecule has 0 bridgehead atoms. The summed E-state index contributed by atoms with van der Waals surface area (Å²) >= 11 is 0. The Morgan fingerprint density at radius 1 is 1.07 bits per heavy atom. The van der Waals surface area contributed by atoms with Crippen LogP contribution in [0.2, 0.25) is 0 Å². The van der Waals surface area contributed by atoms with E-state index in [1.807, 2.05) is 14.1 Å². The van der Waals surface area contributed by atoms with Crippen LogP contribution >= 0.6 is 0 Å². The molecule has 0 spiro atoms. The van der Waals surface area contributed by atoms with Crippen molar-refractivity contribution in [3.63, 3.8) is 0 Å². The third-order valence-corrected chi connectivity index (χ3v) is 6.47. The van der Waals surface area contributed by atoms with Gasteiger partial charge >= 0.3 is 6.03 Å². The summed E-state index contributed by atoms with van der Waals surface area (Å²) in [5.74, 6) is 0. The Bertz CT molecular complexity index is 828. The van der Waals surface area contributed by atoms with Crippen LogP contribution in [0.5, 0.6) is 0 Å². The van der Waals surface area contributed by atoms with Crippen LogP contribution in [0.1, 0.15) is 54.4 Å². The molecule has 28 heavy (non-hydrogen) atoms. The second kappa shape index (κ2) is 9.09. The SMILES string of the molecule is CN(C)CCCC/C=C/S(=O)(=O)NC(=O)Nc1c2c(cc3c1CCC3)CCC2. The summed E-state index contributed by atoms with van der Waals surface area (Å²) in [4.78, 5) is 14.5. The monoisotopic (exact) mass is 405 g/mol. The number of nitrogens with zero attached hydrogens (tertiary/aromatic N) is 1. The number of hydrogen-bond donors (Lipinski definition) is 2. The molecular formula is C21H31N3O3S. The topological polar surface area (TPSA) is 78.5 Å². The number of carbonyl (C=O) groups is 1. The lowest BCUT2D eigenvalue weighted by Gasteiger charge is -2.16. The molecule has 2 N–H and O–H groups in total. The minimum absolute atomic E-state index is 0.674. The Kier molecular flexibility index (Phi) is 6.78. The first-order chi connectivity index (χ1) is 13.4. The van der Waals surface area contributed by atoms with Crippen LogP contribution in [0.3, 0.4) is 0 Å². The number of rotatable bonds is 8. The molecule has 0 aromatic heterocycles. The van der Waals surface area contributed by atoms with Gasteiger partial charge in [-0.05, 0) is 101 Å². The van der Waals surface area contributed by atoms with E-state index in [0.29, 0.717) is 6.42 Å². The van der Waals surface area contributed by atoms with E-state index in [4.69, 9.17) is 0 Å². The summed E-state index contributed by atoms with van der Waals surface area (Å²) in [5.41, 5.74) is 5.82. The number of anilines is 1. The van der Waals surface area contributed by atoms with Crippen molar-refractivity contribution in [3.05, 3.63) is 39.8 Å². The molecule has 0 fully saturated rings. The van der Waals surface area contributed by atoms with Gasteiger partial charge in [-0.15, -0.1) is 0 Å². The van der Waals surface area contributed by atoms with E-state index in [0.717, 1.165) is 69.0 Å². The predicted octanol–water partition coefficient (Wildman–Crippen LogP) is 3.36. The third-order valence-electron chi connectivity index (χ3n) is 5.45. The van der Waals surface area contributed by atoms with E-state index in [9.17, 15) is 13.2 Å². The summed E-state index contributed by atoms with van der Waals surface area (Å²) in [5, 5.41) is 3.95. The van der Waals surface area contributed by atoms with E-state index < -0.39 is 16.1 Å². The maximum Gasteiger partial charge on any atom is 0.333 e. The van der Waals surface area contributed by atoms with E-state index in [1.165, 1.54) is 22.3 Å². The number of unbranched alkanes of at least 4 members (excludes halogenated alkanes) is 2. The number of sulfonamides is 1. The first kappa shape index (κ1) is 20.9. The molecule has 0 atom stereocenters. The first-order valence-electron chi connectivity index (χ1n) is 10.2. The van der Waals surface area contributed by atoms with Crippen molar-refractivity contribution in [2.45, 2.75) is 57.8 Å². The molecule has 0 radical (unpaired) electrons. The second-order valence-electron chi connectivity index (χ2n) is 8.01. The van der Waals surface area contributed by atoms with Gasteiger partial charge in [0.05, 0.1) is 0 Å². The molecule has 0 heterocycles. The van der Waals surface area contributed by atoms with Crippen molar-refractivity contribution in [3.8, 4) is 0 Å². The smallest absolute Gasteiger partial charge is 0.309 e. The lowest BCUT2D eigenvalue weighted by Crippen LogP contribution is -2.33. The van der Waals surface area contributed by atoms with E-state index in [-0.39, 0.29) is 0 Å². The largest absolute Gasteiger partial charge is 0.333 e. The van der Waals surface area contributed by atoms with Crippen molar-refractivity contribution in [1.29, 1.82) is 0 Å². The molecule has 1 aromatic rings. The number of carbonyl (C=O) groups excluding carboxylic acids is 1. The van der Waals surface area contributed by atoms with Crippen molar-refractivity contribution in [2.75, 3.05) is 26.0 Å². The summed E-state index contributed by atoms with van der Waals surface area (Å²) in [7, 11) is 0.243. The Hall–Kier alpha value is -1.86. The fourth-order valence-electron chi connectivity index (χ4n) is 4.15. The lowest BCUT2D eigenvalue weighted by atomic mass is 9.99. The highest BCUT2D eigenvalue weighted by Crippen LogP contribution is 2.38. The number of fused-ring (bicyclic) bond motifs is 2. The van der Waals surface area contributed by atoms with Crippen LogP contribution in [0, 0.1) is 0 Å². The average molecular weight is 406 g/mol. The Labute approximate surface area is 168 Å². The van der Waals surface area contributed by atoms with Gasteiger partial charge in [0.15, 0.2) is 0 Å². The summed E-state index contributed by atoms with van der Waals surface area (Å²) in [6.45, 7) is 0.979. The van der Waals surface area contributed by atoms with Crippen LogP contribution in [0.25, 0.3) is 0 Å². The van der Waals surface area contributed by atoms with Crippen LogP contribution in [0.4, 0.5) is 10.5 Å². The third kappa shape index (κ3) is 5.35. The van der Waals surface area contributed by atoms with E-state index >= 15 is 0 Å². The van der Waals surface area contributed by atoms with E-state index in [1.54, 1.807) is 6.08 Å². The fourth-order valence-corrected chi connectivity index (χ4v) is 4.92. The van der Waals surface area contributed by atoms with Gasteiger partial charge in [-0.1, -0.05) is 12.1 Å². The fraction of sp³-hybridized carbons (Fsp3) is 0.571. The van der Waals surface area contributed by atoms with Gasteiger partial charge in [-0.2, -0.15) is 0 Å². The Balaban J connectivity index is 1.59. The van der Waals surface area contributed by atoms with Gasteiger partial charge in [0.2, 0.25) is 0 Å². The number of urea groups is 1. The molecule has 2 aliphatic rings. The molecular weight excluding hydrogens is 374 g/mol. The Morgan fingerprint density at radius 2 is 1.71 bits per heavy atom. The molecule has 0 unspecified atom stereocenters. The van der Waals surface area contributed by atoms with Gasteiger partial charge in [-0.3, -0.25) is 0 Å². The predicted molar refractivity (Wildman–Crippen MR) is 113 cm³/mol. The first-order valence-corrected chi connectivity index (χ1v) is 11.7. The molecule has 6 nitrogen and oxygen atoms in total. The van der Waals surface area contributed by atoms with Gasteiger partial charge in [0, 0.05) is 11.1 Å². The zero-order valence-corrected chi connectivity index (χ0v) is 17.7. The van der Waals surface area contributed by atoms with Crippen LogP contribution in [0.15, 0.2) is 17.6 Å². The van der Waals surface area contributed by atoms with Crippen LogP contribution < -0.4 is 10.0 Å². The molecule has 0 saturated carbocycles. The molecule has 2 amide bonds. The van der Waals surface area contributed by atoms with Crippen molar-refractivity contribution in [2.24, 2.45) is 0 Å². The van der Waals surface area contributed by atoms with Gasteiger partial charge in [-0.25, -0.2) is 17.9 Å². The molecule has 2 aliphatic carbocycles. The quantitative estimate of drug-likeness (QED) is 0.650. The molecule has 7 heteroatoms.